The van der Waals surface area contributed by atoms with E-state index in [1.165, 1.54) is 6.07 Å². The lowest BCUT2D eigenvalue weighted by molar-refractivity contribution is -0.896. The number of phenols is 1. The van der Waals surface area contributed by atoms with Crippen LogP contribution in [0.5, 0.6) is 11.5 Å². The van der Waals surface area contributed by atoms with Crippen molar-refractivity contribution in [3.05, 3.63) is 72.3 Å². The third-order valence-corrected chi connectivity index (χ3v) is 7.20. The summed E-state index contributed by atoms with van der Waals surface area (Å²) in [4.78, 5) is 25.3. The molecule has 1 fully saturated rings. The van der Waals surface area contributed by atoms with E-state index in [1.807, 2.05) is 49.4 Å². The number of hydrogen-bond donors (Lipinski definition) is 3. The van der Waals surface area contributed by atoms with Crippen molar-refractivity contribution >= 4 is 23.4 Å². The van der Waals surface area contributed by atoms with Gasteiger partial charge in [-0.15, -0.1) is 0 Å². The third-order valence-electron chi connectivity index (χ3n) is 7.20. The largest absolute Gasteiger partial charge is 0.504 e. The molecule has 40 heavy (non-hydrogen) atoms. The monoisotopic (exact) mass is 546 g/mol. The Morgan fingerprint density at radius 3 is 2.45 bits per heavy atom. The average Bonchev–Trinajstić information content (AvgIpc) is 2.93. The molecule has 0 saturated carbocycles. The Hall–Kier alpha value is -4.04. The molecule has 0 unspecified atom stereocenters. The van der Waals surface area contributed by atoms with Gasteiger partial charge in [0.15, 0.2) is 11.5 Å². The minimum atomic E-state index is -0.430. The second-order valence-electron chi connectivity index (χ2n) is 10.9. The van der Waals surface area contributed by atoms with Gasteiger partial charge >= 0.3 is 6.09 Å². The second kappa shape index (κ2) is 13.3. The van der Waals surface area contributed by atoms with Gasteiger partial charge in [0.2, 0.25) is 5.91 Å². The molecule has 0 aromatic heterocycles. The van der Waals surface area contributed by atoms with E-state index in [0.717, 1.165) is 47.1 Å². The molecule has 3 N–H and O–H groups in total. The summed E-state index contributed by atoms with van der Waals surface area (Å²) >= 11 is 0. The molecular weight excluding hydrogens is 506 g/mol. The highest BCUT2D eigenvalue weighted by Gasteiger charge is 2.28. The fourth-order valence-electron chi connectivity index (χ4n) is 4.90. The molecule has 4 rings (SSSR count). The van der Waals surface area contributed by atoms with Gasteiger partial charge in [0.1, 0.15) is 6.10 Å². The number of carbonyl (C=O) groups excluding carboxylic acids is 2. The van der Waals surface area contributed by atoms with E-state index in [4.69, 9.17) is 9.47 Å². The Morgan fingerprint density at radius 2 is 1.73 bits per heavy atom. The minimum absolute atomic E-state index is 0.0395. The number of likely N-dealkylation sites (tertiary alicyclic amines) is 1. The molecular formula is C32H40N3O5+. The molecule has 212 valence electrons. The van der Waals surface area contributed by atoms with Crippen LogP contribution in [0.4, 0.5) is 16.2 Å². The number of nitrogens with one attached hydrogen (secondary N) is 2. The number of phenolic OH excluding ortho intramolecular Hbond substituents is 1. The molecule has 1 aliphatic rings. The molecule has 1 heterocycles. The first kappa shape index (κ1) is 29.0. The molecule has 8 heteroatoms. The lowest BCUT2D eigenvalue weighted by Gasteiger charge is -2.36. The van der Waals surface area contributed by atoms with Gasteiger partial charge in [-0.3, -0.25) is 10.1 Å². The number of carbonyl (C=O) groups is 2. The Bertz CT molecular complexity index is 1300. The summed E-state index contributed by atoms with van der Waals surface area (Å²) in [6, 6.07) is 20.7. The van der Waals surface area contributed by atoms with Gasteiger partial charge in [0, 0.05) is 36.6 Å². The maximum atomic E-state index is 12.8. The van der Waals surface area contributed by atoms with Crippen LogP contribution in [0.2, 0.25) is 0 Å². The van der Waals surface area contributed by atoms with Gasteiger partial charge in [0.25, 0.3) is 0 Å². The molecule has 3 aromatic rings. The van der Waals surface area contributed by atoms with Gasteiger partial charge in [-0.25, -0.2) is 4.79 Å². The van der Waals surface area contributed by atoms with Crippen LogP contribution in [0, 0.1) is 0 Å². The van der Waals surface area contributed by atoms with Crippen LogP contribution in [-0.2, 0) is 16.0 Å². The van der Waals surface area contributed by atoms with Crippen LogP contribution >= 0.6 is 0 Å². The summed E-state index contributed by atoms with van der Waals surface area (Å²) in [5.74, 6) is 0.272. The Morgan fingerprint density at radius 1 is 0.975 bits per heavy atom. The van der Waals surface area contributed by atoms with Crippen LogP contribution in [0.1, 0.15) is 38.2 Å². The molecule has 0 spiro atoms. The van der Waals surface area contributed by atoms with Crippen molar-refractivity contribution in [3.63, 3.8) is 0 Å². The molecule has 0 radical (unpaired) electrons. The predicted octanol–water partition coefficient (Wildman–Crippen LogP) is 6.21. The van der Waals surface area contributed by atoms with E-state index in [9.17, 15) is 14.7 Å². The summed E-state index contributed by atoms with van der Waals surface area (Å²) in [7, 11) is 4.40. The molecule has 1 aliphatic heterocycles. The number of aromatic hydroxyl groups is 1. The zero-order valence-electron chi connectivity index (χ0n) is 23.6. The lowest BCUT2D eigenvalue weighted by Crippen LogP contribution is -2.48. The number of hydrogen-bond acceptors (Lipinski definition) is 5. The number of aryl methyl sites for hydroxylation is 1. The molecule has 0 bridgehead atoms. The highest BCUT2D eigenvalue weighted by Crippen LogP contribution is 2.31. The first-order valence-electron chi connectivity index (χ1n) is 14.0. The molecule has 8 nitrogen and oxygen atoms in total. The summed E-state index contributed by atoms with van der Waals surface area (Å²) in [6.45, 7) is 4.23. The molecule has 0 aliphatic carbocycles. The number of benzene rings is 3. The number of piperidine rings is 1. The van der Waals surface area contributed by atoms with Crippen molar-refractivity contribution in [1.29, 1.82) is 0 Å². The maximum Gasteiger partial charge on any atom is 0.411 e. The van der Waals surface area contributed by atoms with Gasteiger partial charge < -0.3 is 24.4 Å². The van der Waals surface area contributed by atoms with Crippen LogP contribution in [0.15, 0.2) is 66.7 Å². The maximum absolute atomic E-state index is 12.8. The van der Waals surface area contributed by atoms with Crippen molar-refractivity contribution < 1.29 is 28.7 Å². The van der Waals surface area contributed by atoms with E-state index >= 15 is 0 Å². The van der Waals surface area contributed by atoms with E-state index in [-0.39, 0.29) is 17.8 Å². The molecule has 2 amide bonds. The molecule has 3 aromatic carbocycles. The molecule has 0 atom stereocenters. The van der Waals surface area contributed by atoms with Gasteiger partial charge in [-0.2, -0.15) is 0 Å². The van der Waals surface area contributed by atoms with Crippen LogP contribution in [0.3, 0.4) is 0 Å². The third kappa shape index (κ3) is 8.23. The first-order chi connectivity index (χ1) is 19.2. The Balaban J connectivity index is 1.36. The highest BCUT2D eigenvalue weighted by atomic mass is 16.6. The Labute approximate surface area is 236 Å². The zero-order valence-corrected chi connectivity index (χ0v) is 23.6. The highest BCUT2D eigenvalue weighted by molar-refractivity contribution is 5.92. The summed E-state index contributed by atoms with van der Waals surface area (Å²) in [5.41, 5.74) is 4.25. The minimum Gasteiger partial charge on any atom is -0.504 e. The smallest absolute Gasteiger partial charge is 0.411 e. The summed E-state index contributed by atoms with van der Waals surface area (Å²) < 4.78 is 12.1. The number of nitrogens with zero attached hydrogens (tertiary/aromatic N) is 1. The van der Waals surface area contributed by atoms with Gasteiger partial charge in [-0.05, 0) is 55.2 Å². The zero-order chi connectivity index (χ0) is 28.5. The topological polar surface area (TPSA) is 96.9 Å². The van der Waals surface area contributed by atoms with Crippen molar-refractivity contribution in [2.24, 2.45) is 0 Å². The fourth-order valence-corrected chi connectivity index (χ4v) is 4.90. The number of rotatable bonds is 10. The van der Waals surface area contributed by atoms with Gasteiger partial charge in [-0.1, -0.05) is 36.4 Å². The van der Waals surface area contributed by atoms with Gasteiger partial charge in [0.05, 0.1) is 39.5 Å². The van der Waals surface area contributed by atoms with E-state index < -0.39 is 6.09 Å². The Kier molecular flexibility index (Phi) is 9.66. The van der Waals surface area contributed by atoms with Crippen molar-refractivity contribution in [2.45, 2.75) is 45.1 Å². The lowest BCUT2D eigenvalue weighted by atomic mass is 9.98. The van der Waals surface area contributed by atoms with Crippen molar-refractivity contribution in [3.8, 4) is 22.6 Å². The van der Waals surface area contributed by atoms with E-state index in [0.29, 0.717) is 43.0 Å². The van der Waals surface area contributed by atoms with Crippen LogP contribution < -0.4 is 15.4 Å². The fraction of sp³-hybridized carbons (Fsp3) is 0.375. The number of quaternary nitrogens is 1. The normalized spacial score (nSPS) is 14.8. The summed E-state index contributed by atoms with van der Waals surface area (Å²) in [5, 5.41) is 15.7. The quantitative estimate of drug-likeness (QED) is 0.208. The summed E-state index contributed by atoms with van der Waals surface area (Å²) in [6.07, 6.45) is 2.92. The van der Waals surface area contributed by atoms with E-state index in [1.54, 1.807) is 12.1 Å². The van der Waals surface area contributed by atoms with E-state index in [2.05, 4.69) is 30.8 Å². The second-order valence-corrected chi connectivity index (χ2v) is 10.9. The standard InChI is InChI=1S/C32H39N3O5/c1-4-39-30-22-25(14-16-29(30)36)33-31(37)12-8-9-23-13-15-28(27(21-23)24-10-6-5-7-11-24)34-32(38)40-26-17-19-35(2,3)20-18-26/h5-7,10-11,13-16,21-22,26H,4,8-9,12,17-20H2,1-3H3,(H2-,33,34,36,37,38)/p+1. The average molecular weight is 547 g/mol. The predicted molar refractivity (Wildman–Crippen MR) is 158 cm³/mol. The van der Waals surface area contributed by atoms with Crippen molar-refractivity contribution in [1.82, 2.24) is 0 Å². The molecule has 1 saturated heterocycles. The SMILES string of the molecule is CCOc1cc(NC(=O)CCCc2ccc(NC(=O)OC3CC[N+](C)(C)CC3)c(-c3ccccc3)c2)ccc1O. The van der Waals surface area contributed by atoms with Crippen LogP contribution in [-0.4, -0.2) is 61.5 Å². The number of anilines is 2. The van der Waals surface area contributed by atoms with Crippen LogP contribution in [0.25, 0.3) is 11.1 Å². The number of ether oxygens (including phenoxy) is 2. The first-order valence-corrected chi connectivity index (χ1v) is 14.0. The number of amides is 2. The van der Waals surface area contributed by atoms with Crippen molar-refractivity contribution in [2.75, 3.05) is 44.4 Å².